The number of benzene rings is 2. The Morgan fingerprint density at radius 1 is 0.652 bits per heavy atom. The van der Waals surface area contributed by atoms with Crippen LogP contribution >= 0.6 is 0 Å². The van der Waals surface area contributed by atoms with Gasteiger partial charge in [-0.2, -0.15) is 5.26 Å². The molecule has 0 aliphatic carbocycles. The number of hydrogen-bond acceptors (Lipinski definition) is 9. The second-order valence-corrected chi connectivity index (χ2v) is 19.8. The number of hydrogen-bond donors (Lipinski definition) is 3. The van der Waals surface area contributed by atoms with Crippen LogP contribution in [-0.4, -0.2) is 120 Å². The topological polar surface area (TPSA) is 198 Å². The molecule has 362 valence electrons. The van der Waals surface area contributed by atoms with E-state index in [0.29, 0.717) is 5.57 Å². The molecule has 0 spiro atoms. The first kappa shape index (κ1) is 54.6. The summed E-state index contributed by atoms with van der Waals surface area (Å²) in [6.45, 7) is 22.1. The molecule has 3 N–H and O–H groups in total. The highest BCUT2D eigenvalue weighted by atomic mass is 16.6. The fourth-order valence-electron chi connectivity index (χ4n) is 8.32. The number of amides is 6. The summed E-state index contributed by atoms with van der Waals surface area (Å²) < 4.78 is 5.92. The van der Waals surface area contributed by atoms with Crippen LogP contribution in [0, 0.1) is 40.9 Å². The molecule has 3 unspecified atom stereocenters. The Hall–Kier alpha value is -5.78. The summed E-state index contributed by atoms with van der Waals surface area (Å²) in [7, 11) is 4.38. The number of likely N-dealkylation sites (N-methyl/N-ethyl adjacent to an activating group) is 3. The molecule has 0 bridgehead atoms. The van der Waals surface area contributed by atoms with Gasteiger partial charge in [-0.05, 0) is 79.5 Å². The monoisotopic (exact) mass is 914 g/mol. The van der Waals surface area contributed by atoms with Gasteiger partial charge in [0.15, 0.2) is 6.10 Å². The molecule has 0 radical (unpaired) electrons. The lowest BCUT2D eigenvalue weighted by Crippen LogP contribution is -2.60. The third kappa shape index (κ3) is 14.9. The summed E-state index contributed by atoms with van der Waals surface area (Å²) in [5.41, 5.74) is 1.12. The van der Waals surface area contributed by atoms with E-state index in [-0.39, 0.29) is 62.2 Å². The van der Waals surface area contributed by atoms with E-state index in [0.717, 1.165) is 21.2 Å². The Balaban J connectivity index is 2.32. The first-order valence-corrected chi connectivity index (χ1v) is 23.3. The summed E-state index contributed by atoms with van der Waals surface area (Å²) in [6.07, 6.45) is -1.10. The van der Waals surface area contributed by atoms with E-state index in [1.54, 1.807) is 6.92 Å². The van der Waals surface area contributed by atoms with Gasteiger partial charge in [-0.15, -0.1) is 0 Å². The second-order valence-electron chi connectivity index (χ2n) is 19.8. The maximum Gasteiger partial charge on any atom is 0.329 e. The van der Waals surface area contributed by atoms with Crippen LogP contribution in [0.15, 0.2) is 54.6 Å². The van der Waals surface area contributed by atoms with E-state index in [1.807, 2.05) is 104 Å². The van der Waals surface area contributed by atoms with Crippen LogP contribution < -0.4 is 16.0 Å². The van der Waals surface area contributed by atoms with Gasteiger partial charge in [0.2, 0.25) is 29.5 Å². The van der Waals surface area contributed by atoms with Gasteiger partial charge < -0.3 is 35.4 Å². The number of cyclic esters (lactones) is 1. The fraction of sp³-hybridized carbons (Fsp3) is 0.608. The normalized spacial score (nSPS) is 24.3. The summed E-state index contributed by atoms with van der Waals surface area (Å²) in [4.78, 5) is 106. The van der Waals surface area contributed by atoms with Gasteiger partial charge in [-0.1, -0.05) is 110 Å². The maximum absolute atomic E-state index is 14.9. The zero-order valence-electron chi connectivity index (χ0n) is 41.5. The molecular formula is C51H75N7O8. The molecule has 6 amide bonds. The van der Waals surface area contributed by atoms with Crippen molar-refractivity contribution < 1.29 is 38.3 Å². The summed E-state index contributed by atoms with van der Waals surface area (Å²) in [5, 5.41) is 20.4. The van der Waals surface area contributed by atoms with E-state index in [2.05, 4.69) is 22.5 Å². The van der Waals surface area contributed by atoms with E-state index in [4.69, 9.17) is 4.74 Å². The Bertz CT molecular complexity index is 2110. The van der Waals surface area contributed by atoms with Gasteiger partial charge in [-0.3, -0.25) is 28.8 Å². The molecule has 1 heterocycles. The molecule has 8 atom stereocenters. The van der Waals surface area contributed by atoms with Crippen molar-refractivity contribution in [1.82, 2.24) is 30.7 Å². The second kappa shape index (κ2) is 24.7. The van der Waals surface area contributed by atoms with E-state index in [1.165, 1.54) is 37.9 Å². The molecule has 1 aliphatic heterocycles. The zero-order valence-corrected chi connectivity index (χ0v) is 41.5. The van der Waals surface area contributed by atoms with Crippen LogP contribution in [0.3, 0.4) is 0 Å². The Labute approximate surface area is 392 Å². The number of ether oxygens (including phenoxy) is 1. The highest BCUT2D eigenvalue weighted by Crippen LogP contribution is 2.25. The smallest absolute Gasteiger partial charge is 0.329 e. The number of nitrogens with zero attached hydrogens (tertiary/aromatic N) is 4. The standard InChI is InChI=1S/C51H75N7O8/c1-29(2)23-39-48(62)56(12)34(11)51(65)66-44(38(21-22-52)33(9)10)47(61)55-41(25-31(5)6)50(64)57(13)42(26-32(7)8)45(59)54-40(24-30(3)4)49(63)58(14)43(46(60)53-39)28-35-19-20-36-17-15-16-18-37(36)27-35/h15-20,27,29-32,34,38-44H,9,21,23-26,28H2,1-8,10-14H3,(H,53,60)(H,54,59)(H,55,61)/t34-,38?,39-,40-,41?,42?,43-,44+/m0/s1. The minimum Gasteiger partial charge on any atom is -0.450 e. The third-order valence-electron chi connectivity index (χ3n) is 12.2. The number of rotatable bonds is 13. The Morgan fingerprint density at radius 3 is 1.56 bits per heavy atom. The number of nitrogens with one attached hydrogen (secondary N) is 3. The molecule has 2 aromatic rings. The van der Waals surface area contributed by atoms with Gasteiger partial charge in [-0.25, -0.2) is 4.79 Å². The molecule has 0 saturated carbocycles. The molecule has 1 aliphatic rings. The quantitative estimate of drug-likeness (QED) is 0.170. The summed E-state index contributed by atoms with van der Waals surface area (Å²) in [5.74, 6) is -6.19. The molecule has 0 aromatic heterocycles. The highest BCUT2D eigenvalue weighted by molar-refractivity contribution is 5.98. The lowest BCUT2D eigenvalue weighted by Gasteiger charge is -2.35. The number of carbonyl (C=O) groups is 7. The van der Waals surface area contributed by atoms with Crippen molar-refractivity contribution in [2.45, 2.75) is 150 Å². The van der Waals surface area contributed by atoms with Gasteiger partial charge in [0.05, 0.1) is 6.07 Å². The van der Waals surface area contributed by atoms with Crippen LogP contribution in [0.5, 0.6) is 0 Å². The molecule has 15 heteroatoms. The highest BCUT2D eigenvalue weighted by Gasteiger charge is 2.42. The first-order chi connectivity index (χ1) is 30.9. The Kier molecular flexibility index (Phi) is 20.4. The number of fused-ring (bicyclic) bond motifs is 1. The fourth-order valence-corrected chi connectivity index (χ4v) is 8.32. The predicted octanol–water partition coefficient (Wildman–Crippen LogP) is 5.55. The van der Waals surface area contributed by atoms with E-state index < -0.39 is 89.7 Å². The van der Waals surface area contributed by atoms with Crippen molar-refractivity contribution in [2.24, 2.45) is 29.6 Å². The van der Waals surface area contributed by atoms with Gasteiger partial charge in [0, 0.05) is 39.9 Å². The average molecular weight is 914 g/mol. The molecule has 66 heavy (non-hydrogen) atoms. The Morgan fingerprint density at radius 2 is 1.09 bits per heavy atom. The van der Waals surface area contributed by atoms with Crippen LogP contribution in [0.4, 0.5) is 0 Å². The van der Waals surface area contributed by atoms with Crippen molar-refractivity contribution in [3.05, 3.63) is 60.2 Å². The van der Waals surface area contributed by atoms with Crippen molar-refractivity contribution in [2.75, 3.05) is 21.1 Å². The largest absolute Gasteiger partial charge is 0.450 e. The SMILES string of the molecule is C=C(C)C(CC#N)[C@H]1OC(=O)[C@H](C)N(C)C(=O)[C@H](CC(C)C)NC(=O)[C@H](Cc2ccc3ccccc3c2)N(C)C(=O)[C@H](CC(C)C)NC(=O)C(CC(C)C)N(C)C(=O)C(CC(C)C)NC1=O. The molecule has 3 rings (SSSR count). The van der Waals surface area contributed by atoms with Crippen LogP contribution in [0.25, 0.3) is 10.8 Å². The summed E-state index contributed by atoms with van der Waals surface area (Å²) >= 11 is 0. The van der Waals surface area contributed by atoms with E-state index >= 15 is 0 Å². The van der Waals surface area contributed by atoms with Crippen molar-refractivity contribution in [1.29, 1.82) is 5.26 Å². The molecule has 15 nitrogen and oxygen atoms in total. The minimum absolute atomic E-state index is 0.0574. The van der Waals surface area contributed by atoms with Crippen LogP contribution in [0.2, 0.25) is 0 Å². The number of esters is 1. The molecule has 1 fully saturated rings. The molecule has 1 saturated heterocycles. The van der Waals surface area contributed by atoms with Gasteiger partial charge in [0.25, 0.3) is 5.91 Å². The lowest BCUT2D eigenvalue weighted by molar-refractivity contribution is -0.165. The number of nitriles is 1. The molecule has 2 aromatic carbocycles. The maximum atomic E-state index is 14.9. The summed E-state index contributed by atoms with van der Waals surface area (Å²) in [6, 6.07) is 8.56. The van der Waals surface area contributed by atoms with Crippen LogP contribution in [0.1, 0.15) is 107 Å². The average Bonchev–Trinajstić information content (AvgIpc) is 3.24. The van der Waals surface area contributed by atoms with E-state index in [9.17, 15) is 38.8 Å². The predicted molar refractivity (Wildman–Crippen MR) is 255 cm³/mol. The number of carbonyl (C=O) groups excluding carboxylic acids is 7. The third-order valence-corrected chi connectivity index (χ3v) is 12.2. The molecular weight excluding hydrogens is 839 g/mol. The zero-order chi connectivity index (χ0) is 49.7. The first-order valence-electron chi connectivity index (χ1n) is 23.3. The lowest BCUT2D eigenvalue weighted by atomic mass is 9.91. The van der Waals surface area contributed by atoms with Gasteiger partial charge >= 0.3 is 5.97 Å². The van der Waals surface area contributed by atoms with Crippen molar-refractivity contribution in [3.63, 3.8) is 0 Å². The van der Waals surface area contributed by atoms with Crippen molar-refractivity contribution >= 4 is 52.2 Å². The van der Waals surface area contributed by atoms with Crippen molar-refractivity contribution in [3.8, 4) is 6.07 Å². The minimum atomic E-state index is -1.63. The van der Waals surface area contributed by atoms with Crippen LogP contribution in [-0.2, 0) is 44.7 Å². The van der Waals surface area contributed by atoms with Gasteiger partial charge in [0.1, 0.15) is 36.3 Å².